The lowest BCUT2D eigenvalue weighted by Gasteiger charge is -2.05. The largest absolute Gasteiger partial charge is 0.476 e. The van der Waals surface area contributed by atoms with Gasteiger partial charge in [-0.05, 0) is 24.3 Å². The predicted molar refractivity (Wildman–Crippen MR) is 71.5 cm³/mol. The minimum atomic E-state index is -0.949. The fraction of sp³-hybridized carbons (Fsp3) is 0.231. The number of carboxylic acids is 1. The molecule has 1 aromatic heterocycles. The smallest absolute Gasteiger partial charge is 0.355 e. The molecule has 0 atom stereocenters. The van der Waals surface area contributed by atoms with Gasteiger partial charge in [0.2, 0.25) is 0 Å². The van der Waals surface area contributed by atoms with Crippen molar-refractivity contribution in [2.24, 2.45) is 0 Å². The molecule has 0 unspecified atom stereocenters. The Hall–Kier alpha value is -1.75. The van der Waals surface area contributed by atoms with Crippen LogP contribution in [-0.2, 0) is 0 Å². The van der Waals surface area contributed by atoms with Crippen LogP contribution >= 0.6 is 11.8 Å². The maximum Gasteiger partial charge on any atom is 0.355 e. The van der Waals surface area contributed by atoms with Crippen molar-refractivity contribution in [2.75, 3.05) is 5.75 Å². The van der Waals surface area contributed by atoms with Gasteiger partial charge in [-0.1, -0.05) is 25.1 Å². The van der Waals surface area contributed by atoms with Crippen molar-refractivity contribution in [3.05, 3.63) is 42.2 Å². The average Bonchev–Trinajstić information content (AvgIpc) is 2.81. The van der Waals surface area contributed by atoms with Crippen molar-refractivity contribution in [2.45, 2.75) is 18.2 Å². The normalized spacial score (nSPS) is 10.5. The Morgan fingerprint density at radius 1 is 1.39 bits per heavy atom. The molecule has 1 N–H and O–H groups in total. The summed E-state index contributed by atoms with van der Waals surface area (Å²) in [7, 11) is 0. The van der Waals surface area contributed by atoms with E-state index >= 15 is 0 Å². The van der Waals surface area contributed by atoms with Crippen LogP contribution in [0.15, 0.2) is 41.4 Å². The Balaban J connectivity index is 2.42. The number of hydrogen-bond donors (Lipinski definition) is 1. The highest BCUT2D eigenvalue weighted by molar-refractivity contribution is 7.99. The Bertz CT molecular complexity index is 537. The molecular weight excluding hydrogens is 248 g/mol. The number of carbonyl (C=O) groups is 1. The van der Waals surface area contributed by atoms with Crippen molar-refractivity contribution in [1.82, 2.24) is 9.78 Å². The van der Waals surface area contributed by atoms with E-state index < -0.39 is 5.97 Å². The minimum absolute atomic E-state index is 0.236. The van der Waals surface area contributed by atoms with Crippen LogP contribution in [0.1, 0.15) is 23.8 Å². The summed E-state index contributed by atoms with van der Waals surface area (Å²) in [6.45, 7) is 2.06. The minimum Gasteiger partial charge on any atom is -0.476 e. The number of aromatic nitrogens is 2. The van der Waals surface area contributed by atoms with Crippen LogP contribution < -0.4 is 0 Å². The summed E-state index contributed by atoms with van der Waals surface area (Å²) >= 11 is 1.53. The molecule has 1 heterocycles. The quantitative estimate of drug-likeness (QED) is 0.841. The number of rotatable bonds is 5. The topological polar surface area (TPSA) is 55.1 Å². The number of thioether (sulfide) groups is 1. The standard InChI is InChI=1S/C13H14N2O2S/c1-2-8-18-11-9-14-15(12(11)13(16)17)10-6-4-3-5-7-10/h3-7,9H,2,8H2,1H3,(H,16,17). The fourth-order valence-electron chi connectivity index (χ4n) is 1.61. The second-order valence-corrected chi connectivity index (χ2v) is 4.90. The third kappa shape index (κ3) is 2.56. The summed E-state index contributed by atoms with van der Waals surface area (Å²) < 4.78 is 1.47. The molecule has 0 saturated heterocycles. The molecule has 4 nitrogen and oxygen atoms in total. The average molecular weight is 262 g/mol. The molecule has 2 rings (SSSR count). The maximum absolute atomic E-state index is 11.4. The first kappa shape index (κ1) is 12.7. The van der Waals surface area contributed by atoms with E-state index in [1.54, 1.807) is 6.20 Å². The van der Waals surface area contributed by atoms with Crippen LogP contribution in [0, 0.1) is 0 Å². The van der Waals surface area contributed by atoms with Crippen molar-refractivity contribution in [1.29, 1.82) is 0 Å². The lowest BCUT2D eigenvalue weighted by Crippen LogP contribution is -2.08. The lowest BCUT2D eigenvalue weighted by atomic mass is 10.3. The molecule has 18 heavy (non-hydrogen) atoms. The van der Waals surface area contributed by atoms with E-state index in [1.807, 2.05) is 30.3 Å². The van der Waals surface area contributed by atoms with Crippen LogP contribution in [0.25, 0.3) is 5.69 Å². The molecule has 0 fully saturated rings. The van der Waals surface area contributed by atoms with Crippen LogP contribution in [0.3, 0.4) is 0 Å². The monoisotopic (exact) mass is 262 g/mol. The zero-order valence-electron chi connectivity index (χ0n) is 10.0. The molecular formula is C13H14N2O2S. The maximum atomic E-state index is 11.4. The SMILES string of the molecule is CCCSc1cnn(-c2ccccc2)c1C(=O)O. The van der Waals surface area contributed by atoms with Gasteiger partial charge in [-0.15, -0.1) is 11.8 Å². The number of benzene rings is 1. The number of aromatic carboxylic acids is 1. The van der Waals surface area contributed by atoms with Gasteiger partial charge in [0.05, 0.1) is 16.8 Å². The number of carboxylic acid groups (broad SMARTS) is 1. The van der Waals surface area contributed by atoms with Gasteiger partial charge in [-0.3, -0.25) is 0 Å². The van der Waals surface area contributed by atoms with Gasteiger partial charge in [0.1, 0.15) is 0 Å². The van der Waals surface area contributed by atoms with Crippen LogP contribution in [0.4, 0.5) is 0 Å². The molecule has 94 valence electrons. The van der Waals surface area contributed by atoms with Gasteiger partial charge in [-0.2, -0.15) is 5.10 Å². The highest BCUT2D eigenvalue weighted by Gasteiger charge is 2.18. The van der Waals surface area contributed by atoms with Gasteiger partial charge in [0, 0.05) is 0 Å². The van der Waals surface area contributed by atoms with Crippen molar-refractivity contribution in [3.63, 3.8) is 0 Å². The number of nitrogens with zero attached hydrogens (tertiary/aromatic N) is 2. The molecule has 0 saturated carbocycles. The van der Waals surface area contributed by atoms with E-state index in [4.69, 9.17) is 0 Å². The van der Waals surface area contributed by atoms with Gasteiger partial charge in [-0.25, -0.2) is 9.48 Å². The van der Waals surface area contributed by atoms with E-state index in [0.29, 0.717) is 4.90 Å². The second-order valence-electron chi connectivity index (χ2n) is 3.76. The number of para-hydroxylation sites is 1. The summed E-state index contributed by atoms with van der Waals surface area (Å²) in [5.41, 5.74) is 0.998. The molecule has 0 aliphatic rings. The molecule has 0 amide bonds. The zero-order valence-corrected chi connectivity index (χ0v) is 10.9. The molecule has 1 aromatic carbocycles. The van der Waals surface area contributed by atoms with Gasteiger partial charge in [0.25, 0.3) is 0 Å². The molecule has 0 radical (unpaired) electrons. The van der Waals surface area contributed by atoms with Gasteiger partial charge < -0.3 is 5.11 Å². The second kappa shape index (κ2) is 5.73. The molecule has 0 aliphatic heterocycles. The van der Waals surface area contributed by atoms with Crippen molar-refractivity contribution in [3.8, 4) is 5.69 Å². The van der Waals surface area contributed by atoms with E-state index in [2.05, 4.69) is 12.0 Å². The summed E-state index contributed by atoms with van der Waals surface area (Å²) in [5, 5.41) is 13.5. The van der Waals surface area contributed by atoms with Gasteiger partial charge >= 0.3 is 5.97 Å². The Morgan fingerprint density at radius 3 is 2.72 bits per heavy atom. The zero-order chi connectivity index (χ0) is 13.0. The van der Waals surface area contributed by atoms with Crippen LogP contribution in [0.2, 0.25) is 0 Å². The predicted octanol–water partition coefficient (Wildman–Crippen LogP) is 3.07. The molecule has 0 aliphatic carbocycles. The Labute approximate surface area is 110 Å². The first-order valence-corrected chi connectivity index (χ1v) is 6.72. The highest BCUT2D eigenvalue weighted by atomic mass is 32.2. The van der Waals surface area contributed by atoms with Crippen molar-refractivity contribution < 1.29 is 9.90 Å². The molecule has 0 spiro atoms. The molecule has 0 bridgehead atoms. The van der Waals surface area contributed by atoms with Gasteiger partial charge in [0.15, 0.2) is 5.69 Å². The summed E-state index contributed by atoms with van der Waals surface area (Å²) in [6.07, 6.45) is 2.62. The van der Waals surface area contributed by atoms with E-state index in [9.17, 15) is 9.90 Å². The third-order valence-corrected chi connectivity index (χ3v) is 3.62. The first-order valence-electron chi connectivity index (χ1n) is 5.73. The Kier molecular flexibility index (Phi) is 4.04. The van der Waals surface area contributed by atoms with E-state index in [0.717, 1.165) is 17.9 Å². The third-order valence-electron chi connectivity index (χ3n) is 2.40. The first-order chi connectivity index (χ1) is 8.74. The van der Waals surface area contributed by atoms with E-state index in [1.165, 1.54) is 16.4 Å². The lowest BCUT2D eigenvalue weighted by molar-refractivity contribution is 0.0683. The van der Waals surface area contributed by atoms with E-state index in [-0.39, 0.29) is 5.69 Å². The summed E-state index contributed by atoms with van der Waals surface area (Å²) in [4.78, 5) is 12.1. The fourth-order valence-corrected chi connectivity index (χ4v) is 2.47. The molecule has 2 aromatic rings. The Morgan fingerprint density at radius 2 is 2.11 bits per heavy atom. The summed E-state index contributed by atoms with van der Waals surface area (Å²) in [5.74, 6) is -0.0595. The molecule has 5 heteroatoms. The van der Waals surface area contributed by atoms with Crippen molar-refractivity contribution >= 4 is 17.7 Å². The summed E-state index contributed by atoms with van der Waals surface area (Å²) in [6, 6.07) is 9.30. The highest BCUT2D eigenvalue weighted by Crippen LogP contribution is 2.25. The van der Waals surface area contributed by atoms with Crippen LogP contribution in [0.5, 0.6) is 0 Å². The number of hydrogen-bond acceptors (Lipinski definition) is 3. The van der Waals surface area contributed by atoms with Crippen LogP contribution in [-0.4, -0.2) is 26.6 Å².